The van der Waals surface area contributed by atoms with Gasteiger partial charge in [-0.05, 0) is 43.0 Å². The van der Waals surface area contributed by atoms with Crippen molar-refractivity contribution in [2.75, 3.05) is 23.4 Å². The van der Waals surface area contributed by atoms with Crippen molar-refractivity contribution >= 4 is 17.5 Å². The van der Waals surface area contributed by atoms with Gasteiger partial charge in [0.1, 0.15) is 18.0 Å². The van der Waals surface area contributed by atoms with Gasteiger partial charge in [0.05, 0.1) is 17.6 Å². The van der Waals surface area contributed by atoms with Crippen molar-refractivity contribution in [3.63, 3.8) is 0 Å². The summed E-state index contributed by atoms with van der Waals surface area (Å²) < 4.78 is 5.95. The number of ether oxygens (including phenoxy) is 1. The van der Waals surface area contributed by atoms with Crippen molar-refractivity contribution in [1.82, 2.24) is 4.98 Å². The third-order valence-corrected chi connectivity index (χ3v) is 6.11. The quantitative estimate of drug-likeness (QED) is 0.613. The molecule has 1 aliphatic heterocycles. The zero-order valence-corrected chi connectivity index (χ0v) is 17.5. The average molecular weight is 415 g/mol. The number of nitrogens with one attached hydrogen (secondary N) is 1. The minimum absolute atomic E-state index is 0.216. The number of nitrogens with zero attached hydrogens (tertiary/aromatic N) is 2. The normalized spacial score (nSPS) is 16.2. The summed E-state index contributed by atoms with van der Waals surface area (Å²) in [4.78, 5) is 18.2. The van der Waals surface area contributed by atoms with Crippen molar-refractivity contribution in [1.29, 1.82) is 0 Å². The number of aromatic carboxylic acids is 1. The predicted molar refractivity (Wildman–Crippen MR) is 120 cm³/mol. The zero-order chi connectivity index (χ0) is 21.4. The van der Waals surface area contributed by atoms with Gasteiger partial charge in [0.15, 0.2) is 5.82 Å². The van der Waals surface area contributed by atoms with Crippen LogP contribution in [0, 0.1) is 6.92 Å². The van der Waals surface area contributed by atoms with E-state index in [2.05, 4.69) is 46.4 Å². The third kappa shape index (κ3) is 3.81. The molecule has 2 aliphatic rings. The van der Waals surface area contributed by atoms with Crippen LogP contribution in [-0.4, -0.2) is 29.2 Å². The average Bonchev–Trinajstić information content (AvgIpc) is 3.56. The van der Waals surface area contributed by atoms with Crippen molar-refractivity contribution in [2.45, 2.75) is 31.8 Å². The number of hydrogen-bond donors (Lipinski definition) is 2. The highest BCUT2D eigenvalue weighted by Gasteiger charge is 2.45. The highest BCUT2D eigenvalue weighted by Crippen LogP contribution is 2.50. The number of pyridine rings is 1. The van der Waals surface area contributed by atoms with Crippen LogP contribution in [0.15, 0.2) is 60.8 Å². The van der Waals surface area contributed by atoms with Gasteiger partial charge in [-0.15, -0.1) is 0 Å². The Hall–Kier alpha value is -3.54. The molecular formula is C25H25N3O3. The summed E-state index contributed by atoms with van der Waals surface area (Å²) in [5, 5.41) is 12.8. The number of aryl methyl sites for hydroxylation is 1. The fraction of sp³-hybridized carbons (Fsp3) is 0.280. The Bertz CT molecular complexity index is 1110. The van der Waals surface area contributed by atoms with Crippen LogP contribution in [0.4, 0.5) is 11.5 Å². The van der Waals surface area contributed by atoms with E-state index in [1.54, 1.807) is 18.3 Å². The highest BCUT2D eigenvalue weighted by atomic mass is 16.5. The SMILES string of the molecule is Cc1ccc(CN2CCOc3ccnc(NC4(c5ccc(C(=O)O)cc5)CC4)c32)cc1. The molecule has 158 valence electrons. The highest BCUT2D eigenvalue weighted by molar-refractivity contribution is 5.87. The Morgan fingerprint density at radius 2 is 1.87 bits per heavy atom. The summed E-state index contributed by atoms with van der Waals surface area (Å²) in [7, 11) is 0. The lowest BCUT2D eigenvalue weighted by Crippen LogP contribution is -2.34. The molecule has 1 aliphatic carbocycles. The maximum absolute atomic E-state index is 11.2. The van der Waals surface area contributed by atoms with Crippen molar-refractivity contribution in [2.24, 2.45) is 0 Å². The Balaban J connectivity index is 1.44. The molecule has 0 amide bonds. The Morgan fingerprint density at radius 1 is 1.13 bits per heavy atom. The first-order valence-corrected chi connectivity index (χ1v) is 10.6. The van der Waals surface area contributed by atoms with Gasteiger partial charge < -0.3 is 20.1 Å². The lowest BCUT2D eigenvalue weighted by molar-refractivity contribution is 0.0697. The van der Waals surface area contributed by atoms with E-state index >= 15 is 0 Å². The molecule has 31 heavy (non-hydrogen) atoms. The van der Waals surface area contributed by atoms with Crippen LogP contribution in [0.2, 0.25) is 0 Å². The van der Waals surface area contributed by atoms with Crippen molar-refractivity contribution in [3.05, 3.63) is 83.0 Å². The van der Waals surface area contributed by atoms with E-state index in [0.29, 0.717) is 12.2 Å². The minimum atomic E-state index is -0.910. The summed E-state index contributed by atoms with van der Waals surface area (Å²) in [6, 6.07) is 17.7. The molecule has 0 radical (unpaired) electrons. The van der Waals surface area contributed by atoms with Crippen LogP contribution >= 0.6 is 0 Å². The summed E-state index contributed by atoms with van der Waals surface area (Å²) in [5.74, 6) is 0.740. The molecule has 3 aromatic rings. The van der Waals surface area contributed by atoms with E-state index in [1.165, 1.54) is 11.1 Å². The maximum Gasteiger partial charge on any atom is 0.335 e. The molecule has 0 unspecified atom stereocenters. The number of aromatic nitrogens is 1. The number of hydrogen-bond acceptors (Lipinski definition) is 5. The number of anilines is 2. The van der Waals surface area contributed by atoms with E-state index < -0.39 is 5.97 Å². The second kappa shape index (κ2) is 7.61. The second-order valence-electron chi connectivity index (χ2n) is 8.35. The third-order valence-electron chi connectivity index (χ3n) is 6.11. The van der Waals surface area contributed by atoms with E-state index in [-0.39, 0.29) is 5.54 Å². The second-order valence-corrected chi connectivity index (χ2v) is 8.35. The summed E-state index contributed by atoms with van der Waals surface area (Å²) >= 11 is 0. The minimum Gasteiger partial charge on any atom is -0.489 e. The Labute approximate surface area is 181 Å². The Kier molecular flexibility index (Phi) is 4.77. The molecule has 1 aromatic heterocycles. The molecule has 2 aromatic carbocycles. The number of rotatable bonds is 6. The first-order valence-electron chi connectivity index (χ1n) is 10.6. The standard InChI is InChI=1S/C25H25N3O3/c1-17-2-4-18(5-3-17)16-28-14-15-31-21-10-13-26-23(22(21)28)27-25(11-12-25)20-8-6-19(7-9-20)24(29)30/h2-10,13H,11-12,14-16H2,1H3,(H,26,27)(H,29,30). The van der Waals surface area contributed by atoms with Gasteiger partial charge in [0, 0.05) is 18.8 Å². The largest absolute Gasteiger partial charge is 0.489 e. The van der Waals surface area contributed by atoms with Crippen LogP contribution in [0.3, 0.4) is 0 Å². The van der Waals surface area contributed by atoms with E-state index in [4.69, 9.17) is 4.74 Å². The molecule has 6 heteroatoms. The predicted octanol–water partition coefficient (Wildman–Crippen LogP) is 4.59. The van der Waals surface area contributed by atoms with E-state index in [9.17, 15) is 9.90 Å². The number of fused-ring (bicyclic) bond motifs is 1. The zero-order valence-electron chi connectivity index (χ0n) is 17.5. The molecular weight excluding hydrogens is 390 g/mol. The monoisotopic (exact) mass is 415 g/mol. The molecule has 2 heterocycles. The van der Waals surface area contributed by atoms with Gasteiger partial charge in [0.2, 0.25) is 0 Å². The van der Waals surface area contributed by atoms with Gasteiger partial charge in [0.25, 0.3) is 0 Å². The fourth-order valence-corrected chi connectivity index (χ4v) is 4.17. The fourth-order valence-electron chi connectivity index (χ4n) is 4.17. The Morgan fingerprint density at radius 3 is 2.55 bits per heavy atom. The van der Waals surface area contributed by atoms with Crippen LogP contribution in [0.25, 0.3) is 0 Å². The van der Waals surface area contributed by atoms with Crippen molar-refractivity contribution < 1.29 is 14.6 Å². The van der Waals surface area contributed by atoms with Crippen LogP contribution in [0.1, 0.15) is 39.9 Å². The molecule has 6 nitrogen and oxygen atoms in total. The summed E-state index contributed by atoms with van der Waals surface area (Å²) in [6.45, 7) is 4.32. The van der Waals surface area contributed by atoms with Gasteiger partial charge >= 0.3 is 5.97 Å². The molecule has 0 saturated heterocycles. The molecule has 2 N–H and O–H groups in total. The lowest BCUT2D eigenvalue weighted by atomic mass is 10.0. The lowest BCUT2D eigenvalue weighted by Gasteiger charge is -2.33. The summed E-state index contributed by atoms with van der Waals surface area (Å²) in [5.41, 5.74) is 4.65. The van der Waals surface area contributed by atoms with Gasteiger partial charge in [-0.3, -0.25) is 0 Å². The summed E-state index contributed by atoms with van der Waals surface area (Å²) in [6.07, 6.45) is 3.73. The first-order chi connectivity index (χ1) is 15.0. The van der Waals surface area contributed by atoms with Crippen LogP contribution < -0.4 is 15.0 Å². The smallest absolute Gasteiger partial charge is 0.335 e. The molecule has 0 atom stereocenters. The molecule has 0 spiro atoms. The molecule has 0 bridgehead atoms. The van der Waals surface area contributed by atoms with Gasteiger partial charge in [-0.25, -0.2) is 9.78 Å². The van der Waals surface area contributed by atoms with Crippen LogP contribution in [-0.2, 0) is 12.1 Å². The topological polar surface area (TPSA) is 74.7 Å². The van der Waals surface area contributed by atoms with Gasteiger partial charge in [-0.1, -0.05) is 42.0 Å². The number of carboxylic acid groups (broad SMARTS) is 1. The van der Waals surface area contributed by atoms with E-state index in [0.717, 1.165) is 48.7 Å². The van der Waals surface area contributed by atoms with E-state index in [1.807, 2.05) is 18.2 Å². The number of carboxylic acids is 1. The maximum atomic E-state index is 11.2. The molecule has 1 saturated carbocycles. The molecule has 5 rings (SSSR count). The number of benzene rings is 2. The first kappa shape index (κ1) is 19.4. The number of carbonyl (C=O) groups is 1. The van der Waals surface area contributed by atoms with Crippen LogP contribution in [0.5, 0.6) is 5.75 Å². The van der Waals surface area contributed by atoms with Crippen molar-refractivity contribution in [3.8, 4) is 5.75 Å². The van der Waals surface area contributed by atoms with Gasteiger partial charge in [-0.2, -0.15) is 0 Å². The molecule has 1 fully saturated rings.